The molecule has 0 aliphatic carbocycles. The number of nitrogens with zero attached hydrogens (tertiary/aromatic N) is 4. The molecule has 0 saturated carbocycles. The Bertz CT molecular complexity index is 915. The molecule has 1 aliphatic heterocycles. The number of carbonyl (C=O) groups excluding carboxylic acids is 1. The summed E-state index contributed by atoms with van der Waals surface area (Å²) in [6, 6.07) is 4.06. The number of alkyl halides is 3. The first kappa shape index (κ1) is 19.8. The first-order valence-corrected chi connectivity index (χ1v) is 10.3. The molecule has 3 rings (SSSR count). The van der Waals surface area contributed by atoms with E-state index in [0.717, 1.165) is 22.1 Å². The summed E-state index contributed by atoms with van der Waals surface area (Å²) in [6.07, 6.45) is -4.57. The van der Waals surface area contributed by atoms with Crippen molar-refractivity contribution in [2.45, 2.75) is 23.9 Å². The summed E-state index contributed by atoms with van der Waals surface area (Å²) in [5.41, 5.74) is -0.811. The Balaban J connectivity index is 1.62. The smallest absolute Gasteiger partial charge is 0.338 e. The summed E-state index contributed by atoms with van der Waals surface area (Å²) < 4.78 is 65.6. The second-order valence-corrected chi connectivity index (χ2v) is 9.16. The third kappa shape index (κ3) is 4.17. The maximum absolute atomic E-state index is 12.7. The number of halogens is 3. The molecular weight excluding hydrogens is 405 g/mol. The molecule has 0 aromatic carbocycles. The van der Waals surface area contributed by atoms with Crippen LogP contribution in [0.4, 0.5) is 13.2 Å². The Hall–Kier alpha value is -1.92. The van der Waals surface area contributed by atoms with Crippen molar-refractivity contribution in [3.05, 3.63) is 35.0 Å². The maximum Gasteiger partial charge on any atom is 0.435 e. The van der Waals surface area contributed by atoms with Gasteiger partial charge in [0.15, 0.2) is 5.69 Å². The van der Waals surface area contributed by atoms with E-state index in [1.165, 1.54) is 22.2 Å². The van der Waals surface area contributed by atoms with Gasteiger partial charge in [-0.2, -0.15) is 22.6 Å². The second kappa shape index (κ2) is 7.24. The SMILES string of the molecule is Cc1cc(C(F)(F)F)nn1CC(=O)N1CCN(S(=O)(=O)c2cccs2)CC1. The van der Waals surface area contributed by atoms with Crippen LogP contribution in [0.15, 0.2) is 27.8 Å². The molecule has 0 N–H and O–H groups in total. The lowest BCUT2D eigenvalue weighted by Gasteiger charge is -2.33. The second-order valence-electron chi connectivity index (χ2n) is 6.04. The minimum Gasteiger partial charge on any atom is -0.338 e. The molecule has 2 aromatic rings. The zero-order valence-electron chi connectivity index (χ0n) is 14.3. The fourth-order valence-electron chi connectivity index (χ4n) is 2.75. The number of piperazine rings is 1. The Morgan fingerprint density at radius 1 is 1.26 bits per heavy atom. The van der Waals surface area contributed by atoms with Gasteiger partial charge in [0.25, 0.3) is 10.0 Å². The van der Waals surface area contributed by atoms with Gasteiger partial charge in [0.2, 0.25) is 5.91 Å². The molecule has 0 radical (unpaired) electrons. The predicted molar refractivity (Wildman–Crippen MR) is 91.6 cm³/mol. The van der Waals surface area contributed by atoms with Crippen LogP contribution in [-0.2, 0) is 27.5 Å². The Morgan fingerprint density at radius 3 is 2.44 bits per heavy atom. The number of hydrogen-bond acceptors (Lipinski definition) is 5. The molecule has 7 nitrogen and oxygen atoms in total. The van der Waals surface area contributed by atoms with Gasteiger partial charge < -0.3 is 4.90 Å². The van der Waals surface area contributed by atoms with E-state index >= 15 is 0 Å². The number of sulfonamides is 1. The fraction of sp³-hybridized carbons (Fsp3) is 0.467. The van der Waals surface area contributed by atoms with E-state index in [9.17, 15) is 26.4 Å². The highest BCUT2D eigenvalue weighted by Gasteiger charge is 2.35. The lowest BCUT2D eigenvalue weighted by molar-refractivity contribution is -0.142. The van der Waals surface area contributed by atoms with E-state index in [-0.39, 0.29) is 42.6 Å². The molecule has 1 aliphatic rings. The highest BCUT2D eigenvalue weighted by molar-refractivity contribution is 7.91. The highest BCUT2D eigenvalue weighted by atomic mass is 32.2. The zero-order chi connectivity index (χ0) is 19.8. The van der Waals surface area contributed by atoms with Crippen LogP contribution in [0.1, 0.15) is 11.4 Å². The molecule has 27 heavy (non-hydrogen) atoms. The van der Waals surface area contributed by atoms with Gasteiger partial charge in [-0.3, -0.25) is 9.48 Å². The van der Waals surface area contributed by atoms with E-state index < -0.39 is 27.8 Å². The first-order valence-electron chi connectivity index (χ1n) is 8.02. The Morgan fingerprint density at radius 2 is 1.93 bits per heavy atom. The molecule has 2 aromatic heterocycles. The van der Waals surface area contributed by atoms with Gasteiger partial charge >= 0.3 is 6.18 Å². The first-order chi connectivity index (χ1) is 12.6. The highest BCUT2D eigenvalue weighted by Crippen LogP contribution is 2.28. The van der Waals surface area contributed by atoms with E-state index in [4.69, 9.17) is 0 Å². The number of thiophene rings is 1. The summed E-state index contributed by atoms with van der Waals surface area (Å²) in [4.78, 5) is 13.8. The van der Waals surface area contributed by atoms with Crippen molar-refractivity contribution >= 4 is 27.3 Å². The van der Waals surface area contributed by atoms with Gasteiger partial charge in [0.05, 0.1) is 0 Å². The minimum atomic E-state index is -4.57. The lowest BCUT2D eigenvalue weighted by atomic mass is 10.3. The van der Waals surface area contributed by atoms with Crippen molar-refractivity contribution in [2.24, 2.45) is 0 Å². The monoisotopic (exact) mass is 422 g/mol. The third-order valence-corrected chi connectivity index (χ3v) is 7.51. The number of hydrogen-bond donors (Lipinski definition) is 0. The molecule has 1 saturated heterocycles. The largest absolute Gasteiger partial charge is 0.435 e. The number of amides is 1. The summed E-state index contributed by atoms with van der Waals surface area (Å²) in [6.45, 7) is 1.75. The van der Waals surface area contributed by atoms with E-state index in [1.54, 1.807) is 11.4 Å². The molecule has 148 valence electrons. The summed E-state index contributed by atoms with van der Waals surface area (Å²) in [5.74, 6) is -0.400. The molecule has 12 heteroatoms. The molecule has 3 heterocycles. The normalized spacial score (nSPS) is 16.7. The van der Waals surface area contributed by atoms with Crippen molar-refractivity contribution in [1.29, 1.82) is 0 Å². The van der Waals surface area contributed by atoms with Gasteiger partial charge in [-0.15, -0.1) is 11.3 Å². The van der Waals surface area contributed by atoms with Gasteiger partial charge in [0.1, 0.15) is 10.8 Å². The van der Waals surface area contributed by atoms with Gasteiger partial charge in [-0.1, -0.05) is 6.07 Å². The van der Waals surface area contributed by atoms with Crippen molar-refractivity contribution in [1.82, 2.24) is 19.0 Å². The number of aryl methyl sites for hydroxylation is 1. The number of carbonyl (C=O) groups is 1. The molecule has 1 amide bonds. The van der Waals surface area contributed by atoms with E-state index in [2.05, 4.69) is 5.10 Å². The average Bonchev–Trinajstić information content (AvgIpc) is 3.25. The van der Waals surface area contributed by atoms with Crippen LogP contribution in [-0.4, -0.2) is 59.5 Å². The van der Waals surface area contributed by atoms with Crippen LogP contribution in [0.2, 0.25) is 0 Å². The Labute approximate surface area is 158 Å². The molecule has 1 fully saturated rings. The summed E-state index contributed by atoms with van der Waals surface area (Å²) in [7, 11) is -3.58. The fourth-order valence-corrected chi connectivity index (χ4v) is 5.32. The van der Waals surface area contributed by atoms with Crippen LogP contribution in [0.3, 0.4) is 0 Å². The van der Waals surface area contributed by atoms with E-state index in [1.807, 2.05) is 0 Å². The Kier molecular flexibility index (Phi) is 5.32. The predicted octanol–water partition coefficient (Wildman–Crippen LogP) is 1.80. The maximum atomic E-state index is 12.7. The van der Waals surface area contributed by atoms with Crippen LogP contribution in [0.5, 0.6) is 0 Å². The van der Waals surface area contributed by atoms with Crippen LogP contribution in [0.25, 0.3) is 0 Å². The number of rotatable bonds is 4. The van der Waals surface area contributed by atoms with Crippen molar-refractivity contribution < 1.29 is 26.4 Å². The minimum absolute atomic E-state index is 0.137. The standard InChI is InChI=1S/C15H17F3N4O3S2/c1-11-9-12(15(16,17)18)19-22(11)10-13(23)20-4-6-21(7-5-20)27(24,25)14-3-2-8-26-14/h2-3,8-9H,4-7,10H2,1H3. The molecule has 0 unspecified atom stereocenters. The topological polar surface area (TPSA) is 75.5 Å². The quantitative estimate of drug-likeness (QED) is 0.753. The summed E-state index contributed by atoms with van der Waals surface area (Å²) in [5, 5.41) is 5.12. The van der Waals surface area contributed by atoms with E-state index in [0.29, 0.717) is 0 Å². The molecule has 0 atom stereocenters. The van der Waals surface area contributed by atoms with Crippen LogP contribution in [0, 0.1) is 6.92 Å². The molecular formula is C15H17F3N4O3S2. The van der Waals surface area contributed by atoms with Gasteiger partial charge in [-0.25, -0.2) is 8.42 Å². The van der Waals surface area contributed by atoms with Crippen LogP contribution < -0.4 is 0 Å². The number of aromatic nitrogens is 2. The molecule has 0 spiro atoms. The van der Waals surface area contributed by atoms with Crippen LogP contribution >= 0.6 is 11.3 Å². The van der Waals surface area contributed by atoms with Gasteiger partial charge in [-0.05, 0) is 24.4 Å². The van der Waals surface area contributed by atoms with Crippen molar-refractivity contribution in [3.63, 3.8) is 0 Å². The third-order valence-electron chi connectivity index (χ3n) is 4.24. The average molecular weight is 422 g/mol. The molecule has 0 bridgehead atoms. The van der Waals surface area contributed by atoms with Gasteiger partial charge in [0, 0.05) is 31.9 Å². The lowest BCUT2D eigenvalue weighted by Crippen LogP contribution is -2.51. The van der Waals surface area contributed by atoms with Crippen molar-refractivity contribution in [3.8, 4) is 0 Å². The van der Waals surface area contributed by atoms with Crippen molar-refractivity contribution in [2.75, 3.05) is 26.2 Å². The summed E-state index contributed by atoms with van der Waals surface area (Å²) >= 11 is 1.12. The zero-order valence-corrected chi connectivity index (χ0v) is 15.9.